The van der Waals surface area contributed by atoms with Crippen molar-refractivity contribution in [3.05, 3.63) is 39.8 Å². The number of pyridine rings is 1. The molecule has 2 rings (SSSR count). The van der Waals surface area contributed by atoms with Crippen LogP contribution in [-0.2, 0) is 13.6 Å². The van der Waals surface area contributed by atoms with Gasteiger partial charge >= 0.3 is 0 Å². The number of carbonyl (C=O) groups excluding carboxylic acids is 1. The number of rotatable bonds is 4. The van der Waals surface area contributed by atoms with E-state index in [1.807, 2.05) is 20.2 Å². The molecule has 20 heavy (non-hydrogen) atoms. The summed E-state index contributed by atoms with van der Waals surface area (Å²) in [5.41, 5.74) is 2.41. The van der Waals surface area contributed by atoms with E-state index < -0.39 is 0 Å². The summed E-state index contributed by atoms with van der Waals surface area (Å²) in [5.74, 6) is 0.375. The number of hydrogen-bond donors (Lipinski definition) is 2. The van der Waals surface area contributed by atoms with Crippen molar-refractivity contribution in [1.82, 2.24) is 20.1 Å². The van der Waals surface area contributed by atoms with Gasteiger partial charge in [-0.3, -0.25) is 9.48 Å². The SMILES string of the molecule is CNc1ncc(Br)cc1C(=O)NCc1cn(C)nc1C. The van der Waals surface area contributed by atoms with Crippen LogP contribution in [0.4, 0.5) is 5.82 Å². The lowest BCUT2D eigenvalue weighted by Crippen LogP contribution is -2.24. The average molecular weight is 338 g/mol. The molecule has 1 amide bonds. The highest BCUT2D eigenvalue weighted by atomic mass is 79.9. The van der Waals surface area contributed by atoms with Gasteiger partial charge in [-0.05, 0) is 28.9 Å². The van der Waals surface area contributed by atoms with E-state index in [0.29, 0.717) is 17.9 Å². The van der Waals surface area contributed by atoms with Gasteiger partial charge in [0.2, 0.25) is 0 Å². The summed E-state index contributed by atoms with van der Waals surface area (Å²) in [4.78, 5) is 16.4. The maximum Gasteiger partial charge on any atom is 0.255 e. The van der Waals surface area contributed by atoms with Crippen LogP contribution in [0.1, 0.15) is 21.6 Å². The maximum absolute atomic E-state index is 12.2. The van der Waals surface area contributed by atoms with Crippen molar-refractivity contribution in [2.45, 2.75) is 13.5 Å². The van der Waals surface area contributed by atoms with Crippen LogP contribution >= 0.6 is 15.9 Å². The normalized spacial score (nSPS) is 10.4. The molecule has 0 aliphatic heterocycles. The number of anilines is 1. The van der Waals surface area contributed by atoms with Gasteiger partial charge in [0.25, 0.3) is 5.91 Å². The van der Waals surface area contributed by atoms with Gasteiger partial charge in [0.1, 0.15) is 5.82 Å². The first-order valence-corrected chi connectivity index (χ1v) is 6.91. The van der Waals surface area contributed by atoms with Crippen LogP contribution < -0.4 is 10.6 Å². The third-order valence-electron chi connectivity index (χ3n) is 2.89. The van der Waals surface area contributed by atoms with Gasteiger partial charge < -0.3 is 10.6 Å². The van der Waals surface area contributed by atoms with Crippen molar-refractivity contribution in [3.63, 3.8) is 0 Å². The van der Waals surface area contributed by atoms with Crippen LogP contribution in [0.15, 0.2) is 22.9 Å². The summed E-state index contributed by atoms with van der Waals surface area (Å²) >= 11 is 3.32. The number of aromatic nitrogens is 3. The third-order valence-corrected chi connectivity index (χ3v) is 3.32. The monoisotopic (exact) mass is 337 g/mol. The van der Waals surface area contributed by atoms with Crippen LogP contribution in [0, 0.1) is 6.92 Å². The molecule has 2 aromatic rings. The zero-order valence-corrected chi connectivity index (χ0v) is 13.2. The van der Waals surface area contributed by atoms with E-state index in [1.165, 1.54) is 0 Å². The Hall–Kier alpha value is -1.89. The highest BCUT2D eigenvalue weighted by molar-refractivity contribution is 9.10. The first kappa shape index (κ1) is 14.5. The summed E-state index contributed by atoms with van der Waals surface area (Å²) in [5, 5.41) is 10.0. The predicted octanol–water partition coefficient (Wildman–Crippen LogP) is 1.86. The highest BCUT2D eigenvalue weighted by Gasteiger charge is 2.13. The fourth-order valence-corrected chi connectivity index (χ4v) is 2.24. The van der Waals surface area contributed by atoms with Crippen molar-refractivity contribution in [2.24, 2.45) is 7.05 Å². The predicted molar refractivity (Wildman–Crippen MR) is 80.6 cm³/mol. The molecule has 2 aromatic heterocycles. The summed E-state index contributed by atoms with van der Waals surface area (Å²) in [6.07, 6.45) is 3.54. The van der Waals surface area contributed by atoms with Gasteiger partial charge in [-0.15, -0.1) is 0 Å². The summed E-state index contributed by atoms with van der Waals surface area (Å²) in [6, 6.07) is 1.74. The van der Waals surface area contributed by atoms with Crippen molar-refractivity contribution in [3.8, 4) is 0 Å². The molecule has 0 atom stereocenters. The molecule has 0 fully saturated rings. The van der Waals surface area contributed by atoms with Crippen molar-refractivity contribution in [1.29, 1.82) is 0 Å². The third kappa shape index (κ3) is 3.16. The van der Waals surface area contributed by atoms with Gasteiger partial charge in [0.05, 0.1) is 11.3 Å². The lowest BCUT2D eigenvalue weighted by atomic mass is 10.2. The Bertz CT molecular complexity index is 638. The van der Waals surface area contributed by atoms with E-state index in [4.69, 9.17) is 0 Å². The zero-order valence-electron chi connectivity index (χ0n) is 11.6. The summed E-state index contributed by atoms with van der Waals surface area (Å²) in [6.45, 7) is 2.36. The molecule has 0 bridgehead atoms. The number of aryl methyl sites for hydroxylation is 2. The van der Waals surface area contributed by atoms with Gasteiger partial charge in [-0.1, -0.05) is 0 Å². The molecule has 0 aliphatic rings. The molecule has 0 aromatic carbocycles. The molecule has 0 spiro atoms. The second kappa shape index (κ2) is 6.04. The second-order valence-corrected chi connectivity index (χ2v) is 5.31. The van der Waals surface area contributed by atoms with E-state index >= 15 is 0 Å². The average Bonchev–Trinajstić information content (AvgIpc) is 2.74. The molecular weight excluding hydrogens is 322 g/mol. The highest BCUT2D eigenvalue weighted by Crippen LogP contribution is 2.17. The van der Waals surface area contributed by atoms with Crippen LogP contribution in [0.5, 0.6) is 0 Å². The van der Waals surface area contributed by atoms with E-state index in [-0.39, 0.29) is 5.91 Å². The summed E-state index contributed by atoms with van der Waals surface area (Å²) in [7, 11) is 3.59. The fourth-order valence-electron chi connectivity index (χ4n) is 1.90. The Morgan fingerprint density at radius 3 is 2.85 bits per heavy atom. The number of amides is 1. The second-order valence-electron chi connectivity index (χ2n) is 4.40. The molecule has 106 valence electrons. The van der Waals surface area contributed by atoms with Crippen molar-refractivity contribution < 1.29 is 4.79 Å². The van der Waals surface area contributed by atoms with Crippen LogP contribution in [0.2, 0.25) is 0 Å². The quantitative estimate of drug-likeness (QED) is 0.893. The zero-order chi connectivity index (χ0) is 14.7. The lowest BCUT2D eigenvalue weighted by molar-refractivity contribution is 0.0951. The van der Waals surface area contributed by atoms with Crippen LogP contribution in [0.25, 0.3) is 0 Å². The number of nitrogens with one attached hydrogen (secondary N) is 2. The molecule has 0 radical (unpaired) electrons. The Kier molecular flexibility index (Phi) is 4.39. The molecule has 0 saturated heterocycles. The molecule has 2 heterocycles. The minimum Gasteiger partial charge on any atom is -0.372 e. The largest absolute Gasteiger partial charge is 0.372 e. The Morgan fingerprint density at radius 2 is 2.25 bits per heavy atom. The first-order chi connectivity index (χ1) is 9.51. The molecule has 0 saturated carbocycles. The standard InChI is InChI=1S/C13H16BrN5O/c1-8-9(7-19(3)18-8)5-17-13(20)11-4-10(14)6-16-12(11)15-2/h4,6-7H,5H2,1-3H3,(H,15,16)(H,17,20). The fraction of sp³-hybridized carbons (Fsp3) is 0.308. The number of halogens is 1. The molecular formula is C13H16BrN5O. The Labute approximate surface area is 125 Å². The first-order valence-electron chi connectivity index (χ1n) is 6.12. The van der Waals surface area contributed by atoms with Crippen LogP contribution in [0.3, 0.4) is 0 Å². The molecule has 7 heteroatoms. The summed E-state index contributed by atoms with van der Waals surface area (Å²) < 4.78 is 2.50. The van der Waals surface area contributed by atoms with Gasteiger partial charge in [-0.2, -0.15) is 5.10 Å². The number of carbonyl (C=O) groups is 1. The number of hydrogen-bond acceptors (Lipinski definition) is 4. The topological polar surface area (TPSA) is 71.8 Å². The molecule has 0 aliphatic carbocycles. The minimum absolute atomic E-state index is 0.175. The van der Waals surface area contributed by atoms with Crippen molar-refractivity contribution in [2.75, 3.05) is 12.4 Å². The van der Waals surface area contributed by atoms with Crippen molar-refractivity contribution >= 4 is 27.7 Å². The van der Waals surface area contributed by atoms with Crippen LogP contribution in [-0.4, -0.2) is 27.7 Å². The van der Waals surface area contributed by atoms with E-state index in [0.717, 1.165) is 15.7 Å². The maximum atomic E-state index is 12.2. The molecule has 6 nitrogen and oxygen atoms in total. The van der Waals surface area contributed by atoms with Gasteiger partial charge in [0.15, 0.2) is 0 Å². The molecule has 2 N–H and O–H groups in total. The number of nitrogens with zero attached hydrogens (tertiary/aromatic N) is 3. The Morgan fingerprint density at radius 1 is 1.50 bits per heavy atom. The minimum atomic E-state index is -0.175. The van der Waals surface area contributed by atoms with E-state index in [1.54, 1.807) is 24.0 Å². The Balaban J connectivity index is 2.12. The van der Waals surface area contributed by atoms with Gasteiger partial charge in [-0.25, -0.2) is 4.98 Å². The molecule has 0 unspecified atom stereocenters. The van der Waals surface area contributed by atoms with Gasteiger partial charge in [0, 0.05) is 43.1 Å². The van der Waals surface area contributed by atoms with E-state index in [9.17, 15) is 4.79 Å². The van der Waals surface area contributed by atoms with E-state index in [2.05, 4.69) is 36.6 Å². The smallest absolute Gasteiger partial charge is 0.255 e. The lowest BCUT2D eigenvalue weighted by Gasteiger charge is -2.09.